The maximum absolute atomic E-state index is 12.2. The number of hydrogen-bond acceptors (Lipinski definition) is 5. The summed E-state index contributed by atoms with van der Waals surface area (Å²) in [6, 6.07) is 0. The highest BCUT2D eigenvalue weighted by Crippen LogP contribution is 2.61. The van der Waals surface area contributed by atoms with Gasteiger partial charge in [0.25, 0.3) is 0 Å². The van der Waals surface area contributed by atoms with Crippen LogP contribution in [0.25, 0.3) is 0 Å². The van der Waals surface area contributed by atoms with Crippen LogP contribution < -0.4 is 11.1 Å². The summed E-state index contributed by atoms with van der Waals surface area (Å²) in [5.74, 6) is -4.65. The fourth-order valence-corrected chi connectivity index (χ4v) is 3.21. The minimum atomic E-state index is -2.38. The van der Waals surface area contributed by atoms with Gasteiger partial charge in [-0.15, -0.1) is 0 Å². The van der Waals surface area contributed by atoms with Crippen molar-refractivity contribution in [1.29, 1.82) is 0 Å². The van der Waals surface area contributed by atoms with Gasteiger partial charge >= 0.3 is 11.9 Å². The standard InChI is InChI=1S/C12H18N2O6/c1-2-12(20,10(18)19)14-9(17)11(13)4-3-5-6(7(5)11)8(15)16/h5-7,20H,2-4,13H2,1H3,(H,14,17)(H,15,16)(H,18,19)/t5-,6-,7-,11-,12?/m0/s1. The smallest absolute Gasteiger partial charge is 0.357 e. The molecule has 2 aliphatic carbocycles. The fourth-order valence-electron chi connectivity index (χ4n) is 3.21. The first-order chi connectivity index (χ1) is 9.17. The zero-order valence-corrected chi connectivity index (χ0v) is 11.0. The monoisotopic (exact) mass is 286 g/mol. The van der Waals surface area contributed by atoms with Crippen molar-refractivity contribution < 1.29 is 29.7 Å². The average Bonchev–Trinajstić information content (AvgIpc) is 3.02. The second kappa shape index (κ2) is 4.42. The SMILES string of the molecule is CCC(O)(NC(=O)[C@]1(N)CC[C@H]2[C@H](C(=O)O)[C@H]21)C(=O)O. The first-order valence-electron chi connectivity index (χ1n) is 6.47. The largest absolute Gasteiger partial charge is 0.481 e. The molecule has 0 aromatic heterocycles. The van der Waals surface area contributed by atoms with Crippen LogP contribution in [-0.2, 0) is 14.4 Å². The summed E-state index contributed by atoms with van der Waals surface area (Å²) in [5, 5.41) is 29.8. The number of aliphatic hydroxyl groups is 1. The number of carboxylic acids is 2. The van der Waals surface area contributed by atoms with Crippen molar-refractivity contribution in [3.63, 3.8) is 0 Å². The normalized spacial score (nSPS) is 37.6. The number of carbonyl (C=O) groups excluding carboxylic acids is 1. The number of carbonyl (C=O) groups is 3. The maximum Gasteiger partial charge on any atom is 0.357 e. The first-order valence-corrected chi connectivity index (χ1v) is 6.47. The molecule has 0 radical (unpaired) electrons. The van der Waals surface area contributed by atoms with Crippen LogP contribution in [0.5, 0.6) is 0 Å². The van der Waals surface area contributed by atoms with E-state index in [-0.39, 0.29) is 18.8 Å². The summed E-state index contributed by atoms with van der Waals surface area (Å²) in [4.78, 5) is 34.2. The van der Waals surface area contributed by atoms with Crippen molar-refractivity contribution in [3.05, 3.63) is 0 Å². The Morgan fingerprint density at radius 3 is 2.40 bits per heavy atom. The van der Waals surface area contributed by atoms with E-state index in [2.05, 4.69) is 0 Å². The van der Waals surface area contributed by atoms with E-state index in [1.165, 1.54) is 6.92 Å². The molecule has 1 amide bonds. The molecular weight excluding hydrogens is 268 g/mol. The number of amides is 1. The molecule has 0 aromatic carbocycles. The highest BCUT2D eigenvalue weighted by molar-refractivity contribution is 5.93. The molecule has 2 aliphatic rings. The summed E-state index contributed by atoms with van der Waals surface area (Å²) in [5.41, 5.74) is 2.19. The molecular formula is C12H18N2O6. The summed E-state index contributed by atoms with van der Waals surface area (Å²) < 4.78 is 0. The van der Waals surface area contributed by atoms with Crippen LogP contribution in [0.15, 0.2) is 0 Å². The molecule has 8 nitrogen and oxygen atoms in total. The van der Waals surface area contributed by atoms with Gasteiger partial charge in [0, 0.05) is 12.3 Å². The topological polar surface area (TPSA) is 150 Å². The van der Waals surface area contributed by atoms with Gasteiger partial charge in [-0.2, -0.15) is 0 Å². The lowest BCUT2D eigenvalue weighted by Crippen LogP contribution is -2.63. The minimum absolute atomic E-state index is 0.136. The van der Waals surface area contributed by atoms with Crippen molar-refractivity contribution in [2.45, 2.75) is 37.5 Å². The van der Waals surface area contributed by atoms with E-state index in [4.69, 9.17) is 15.9 Å². The average molecular weight is 286 g/mol. The van der Waals surface area contributed by atoms with E-state index in [9.17, 15) is 19.5 Å². The molecule has 8 heteroatoms. The van der Waals surface area contributed by atoms with Crippen LogP contribution in [0.4, 0.5) is 0 Å². The molecule has 0 aromatic rings. The molecule has 6 N–H and O–H groups in total. The van der Waals surface area contributed by atoms with Gasteiger partial charge in [-0.25, -0.2) is 4.79 Å². The lowest BCUT2D eigenvalue weighted by Gasteiger charge is -2.31. The highest BCUT2D eigenvalue weighted by Gasteiger charge is 2.70. The molecule has 0 spiro atoms. The van der Waals surface area contributed by atoms with Gasteiger partial charge in [0.05, 0.1) is 11.5 Å². The predicted octanol–water partition coefficient (Wildman–Crippen LogP) is -1.28. The van der Waals surface area contributed by atoms with Crippen molar-refractivity contribution >= 4 is 17.8 Å². The van der Waals surface area contributed by atoms with E-state index in [0.29, 0.717) is 6.42 Å². The molecule has 1 unspecified atom stereocenters. The van der Waals surface area contributed by atoms with Gasteiger partial charge in [0.1, 0.15) is 0 Å². The number of nitrogens with two attached hydrogens (primary N) is 1. The molecule has 0 heterocycles. The third-order valence-electron chi connectivity index (χ3n) is 4.55. The molecule has 0 saturated heterocycles. The van der Waals surface area contributed by atoms with E-state index < -0.39 is 40.9 Å². The fraction of sp³-hybridized carbons (Fsp3) is 0.750. The second-order valence-corrected chi connectivity index (χ2v) is 5.61. The van der Waals surface area contributed by atoms with Crippen LogP contribution in [0.2, 0.25) is 0 Å². The molecule has 2 rings (SSSR count). The summed E-state index contributed by atoms with van der Waals surface area (Å²) >= 11 is 0. The molecule has 5 atom stereocenters. The van der Waals surface area contributed by atoms with E-state index in [1.807, 2.05) is 5.32 Å². The summed E-state index contributed by atoms with van der Waals surface area (Å²) in [6.07, 6.45) is 0.584. The third kappa shape index (κ3) is 1.95. The number of carboxylic acid groups (broad SMARTS) is 2. The van der Waals surface area contributed by atoms with Gasteiger partial charge in [0.15, 0.2) is 0 Å². The Bertz CT molecular complexity index is 481. The Kier molecular flexibility index (Phi) is 3.26. The summed E-state index contributed by atoms with van der Waals surface area (Å²) in [6.45, 7) is 1.41. The molecule has 2 fully saturated rings. The number of rotatable bonds is 5. The lowest BCUT2D eigenvalue weighted by molar-refractivity contribution is -0.167. The second-order valence-electron chi connectivity index (χ2n) is 5.61. The van der Waals surface area contributed by atoms with Crippen LogP contribution in [-0.4, -0.2) is 44.4 Å². The summed E-state index contributed by atoms with van der Waals surface area (Å²) in [7, 11) is 0. The first kappa shape index (κ1) is 14.7. The minimum Gasteiger partial charge on any atom is -0.481 e. The van der Waals surface area contributed by atoms with Gasteiger partial charge in [-0.1, -0.05) is 6.92 Å². The van der Waals surface area contributed by atoms with Crippen LogP contribution in [0.3, 0.4) is 0 Å². The number of aliphatic carboxylic acids is 2. The van der Waals surface area contributed by atoms with Gasteiger partial charge < -0.3 is 26.4 Å². The molecule has 0 aliphatic heterocycles. The van der Waals surface area contributed by atoms with Crippen LogP contribution in [0.1, 0.15) is 26.2 Å². The molecule has 112 valence electrons. The number of hydrogen-bond donors (Lipinski definition) is 5. The van der Waals surface area contributed by atoms with E-state index in [0.717, 1.165) is 0 Å². The third-order valence-corrected chi connectivity index (χ3v) is 4.55. The van der Waals surface area contributed by atoms with E-state index in [1.54, 1.807) is 0 Å². The Labute approximate surface area is 114 Å². The van der Waals surface area contributed by atoms with Crippen LogP contribution in [0, 0.1) is 17.8 Å². The van der Waals surface area contributed by atoms with Crippen LogP contribution >= 0.6 is 0 Å². The van der Waals surface area contributed by atoms with Crippen molar-refractivity contribution in [2.75, 3.05) is 0 Å². The van der Waals surface area contributed by atoms with E-state index >= 15 is 0 Å². The van der Waals surface area contributed by atoms with Gasteiger partial charge in [-0.05, 0) is 18.8 Å². The Morgan fingerprint density at radius 1 is 1.40 bits per heavy atom. The number of fused-ring (bicyclic) bond motifs is 1. The Morgan fingerprint density at radius 2 is 2.00 bits per heavy atom. The Balaban J connectivity index is 2.14. The highest BCUT2D eigenvalue weighted by atomic mass is 16.4. The van der Waals surface area contributed by atoms with Crippen molar-refractivity contribution in [1.82, 2.24) is 5.32 Å². The van der Waals surface area contributed by atoms with Gasteiger partial charge in [0.2, 0.25) is 11.6 Å². The quantitative estimate of drug-likeness (QED) is 0.395. The zero-order chi connectivity index (χ0) is 15.3. The Hall–Kier alpha value is -1.67. The van der Waals surface area contributed by atoms with Crippen molar-refractivity contribution in [3.8, 4) is 0 Å². The molecule has 0 bridgehead atoms. The number of nitrogens with one attached hydrogen (secondary N) is 1. The predicted molar refractivity (Wildman–Crippen MR) is 65.3 cm³/mol. The molecule has 20 heavy (non-hydrogen) atoms. The lowest BCUT2D eigenvalue weighted by atomic mass is 9.89. The zero-order valence-electron chi connectivity index (χ0n) is 11.0. The van der Waals surface area contributed by atoms with Gasteiger partial charge in [-0.3, -0.25) is 9.59 Å². The van der Waals surface area contributed by atoms with Crippen molar-refractivity contribution in [2.24, 2.45) is 23.5 Å². The maximum atomic E-state index is 12.2. The molecule has 2 saturated carbocycles.